The van der Waals surface area contributed by atoms with E-state index in [-0.39, 0.29) is 31.1 Å². The summed E-state index contributed by atoms with van der Waals surface area (Å²) in [5, 5.41) is 0. The number of hydrogen-bond acceptors (Lipinski definition) is 6. The van der Waals surface area contributed by atoms with Crippen LogP contribution in [0.25, 0.3) is 0 Å². The minimum atomic E-state index is -0.765. The van der Waals surface area contributed by atoms with Gasteiger partial charge in [0.15, 0.2) is 6.10 Å². The van der Waals surface area contributed by atoms with Gasteiger partial charge in [-0.1, -0.05) is 281 Å². The zero-order valence-corrected chi connectivity index (χ0v) is 45.4. The van der Waals surface area contributed by atoms with Gasteiger partial charge in [0.2, 0.25) is 0 Å². The van der Waals surface area contributed by atoms with Crippen molar-refractivity contribution in [1.82, 2.24) is 0 Å². The highest BCUT2D eigenvalue weighted by Gasteiger charge is 2.19. The van der Waals surface area contributed by atoms with Gasteiger partial charge in [0.1, 0.15) is 13.2 Å². The van der Waals surface area contributed by atoms with Crippen molar-refractivity contribution >= 4 is 17.9 Å². The van der Waals surface area contributed by atoms with Crippen LogP contribution in [0.4, 0.5) is 0 Å². The number of carbonyl (C=O) groups is 3. The molecule has 0 aromatic heterocycles. The number of carbonyl (C=O) groups excluding carboxylic acids is 3. The highest BCUT2D eigenvalue weighted by molar-refractivity contribution is 5.71. The monoisotopic (exact) mass is 953 g/mol. The molecule has 68 heavy (non-hydrogen) atoms. The molecule has 0 spiro atoms. The maximum atomic E-state index is 12.8. The molecule has 0 radical (unpaired) electrons. The largest absolute Gasteiger partial charge is 0.462 e. The highest BCUT2D eigenvalue weighted by atomic mass is 16.6. The average Bonchev–Trinajstić information content (AvgIpc) is 3.34. The van der Waals surface area contributed by atoms with E-state index in [1.807, 2.05) is 0 Å². The Balaban J connectivity index is 4.00. The highest BCUT2D eigenvalue weighted by Crippen LogP contribution is 2.17. The molecule has 0 N–H and O–H groups in total. The lowest BCUT2D eigenvalue weighted by molar-refractivity contribution is -0.167. The molecule has 0 saturated carbocycles. The van der Waals surface area contributed by atoms with E-state index in [1.54, 1.807) is 0 Å². The van der Waals surface area contributed by atoms with E-state index >= 15 is 0 Å². The summed E-state index contributed by atoms with van der Waals surface area (Å²) >= 11 is 0. The number of allylic oxidation sites excluding steroid dienone is 8. The second-order valence-electron chi connectivity index (χ2n) is 19.9. The van der Waals surface area contributed by atoms with Crippen LogP contribution in [0.5, 0.6) is 0 Å². The minimum Gasteiger partial charge on any atom is -0.462 e. The summed E-state index contributed by atoms with van der Waals surface area (Å²) in [5.41, 5.74) is 0. The molecule has 0 aliphatic heterocycles. The van der Waals surface area contributed by atoms with Crippen molar-refractivity contribution in [1.29, 1.82) is 0 Å². The predicted octanol–water partition coefficient (Wildman–Crippen LogP) is 19.8. The quantitative estimate of drug-likeness (QED) is 0.0262. The number of esters is 3. The van der Waals surface area contributed by atoms with E-state index < -0.39 is 6.10 Å². The smallest absolute Gasteiger partial charge is 0.306 e. The van der Waals surface area contributed by atoms with E-state index in [1.165, 1.54) is 186 Å². The number of ether oxygens (including phenoxy) is 3. The van der Waals surface area contributed by atoms with Crippen LogP contribution >= 0.6 is 0 Å². The van der Waals surface area contributed by atoms with E-state index in [2.05, 4.69) is 69.4 Å². The van der Waals surface area contributed by atoms with Gasteiger partial charge in [-0.25, -0.2) is 0 Å². The van der Waals surface area contributed by atoms with Crippen LogP contribution in [0.1, 0.15) is 310 Å². The Morgan fingerprint density at radius 2 is 0.574 bits per heavy atom. The molecule has 0 aliphatic carbocycles. The lowest BCUT2D eigenvalue weighted by Crippen LogP contribution is -2.30. The minimum absolute atomic E-state index is 0.0680. The lowest BCUT2D eigenvalue weighted by Gasteiger charge is -2.18. The zero-order valence-electron chi connectivity index (χ0n) is 45.4. The van der Waals surface area contributed by atoms with Crippen LogP contribution in [0.2, 0.25) is 0 Å². The van der Waals surface area contributed by atoms with Crippen molar-refractivity contribution in [2.75, 3.05) is 13.2 Å². The first-order valence-electron chi connectivity index (χ1n) is 29.6. The summed E-state index contributed by atoms with van der Waals surface area (Å²) in [7, 11) is 0. The maximum absolute atomic E-state index is 12.8. The molecule has 0 rings (SSSR count). The fourth-order valence-electron chi connectivity index (χ4n) is 8.67. The third kappa shape index (κ3) is 54.3. The van der Waals surface area contributed by atoms with Crippen molar-refractivity contribution in [3.63, 3.8) is 0 Å². The Morgan fingerprint density at radius 1 is 0.309 bits per heavy atom. The molecular formula is C62H112O6. The standard InChI is InChI=1S/C62H112O6/c1-4-7-10-13-16-18-20-22-24-25-26-27-28-29-30-31-32-33-34-35-36-37-39-40-42-44-46-49-52-55-61(64)67-58-59(57-66-60(63)54-51-48-15-12-9-6-3)68-62(65)56-53-50-47-45-43-41-38-23-21-19-17-14-11-8-5-2/h7,10,16,18,22,24,26-27,59H,4-6,8-9,11-15,17,19-21,23,25,28-58H2,1-3H3/b10-7-,18-16-,24-22-,27-26-. The number of unbranched alkanes of at least 4 members (excludes halogenated alkanes) is 35. The lowest BCUT2D eigenvalue weighted by atomic mass is 10.0. The Bertz CT molecular complexity index is 1190. The molecular weight excluding hydrogens is 841 g/mol. The molecule has 1 atom stereocenters. The molecule has 0 aliphatic rings. The number of rotatable bonds is 54. The third-order valence-electron chi connectivity index (χ3n) is 13.1. The Labute approximate surface area is 422 Å². The fourth-order valence-corrected chi connectivity index (χ4v) is 8.67. The van der Waals surface area contributed by atoms with Gasteiger partial charge in [0, 0.05) is 19.3 Å². The summed E-state index contributed by atoms with van der Waals surface area (Å²) in [6, 6.07) is 0. The summed E-state index contributed by atoms with van der Waals surface area (Å²) in [5.74, 6) is -0.861. The molecule has 6 nitrogen and oxygen atoms in total. The van der Waals surface area contributed by atoms with Gasteiger partial charge < -0.3 is 14.2 Å². The first kappa shape index (κ1) is 65.4. The molecule has 6 heteroatoms. The summed E-state index contributed by atoms with van der Waals surface area (Å²) < 4.78 is 16.8. The van der Waals surface area contributed by atoms with Crippen molar-refractivity contribution in [3.8, 4) is 0 Å². The summed E-state index contributed by atoms with van der Waals surface area (Å²) in [6.07, 6.45) is 70.1. The van der Waals surface area contributed by atoms with Gasteiger partial charge in [-0.05, 0) is 57.8 Å². The third-order valence-corrected chi connectivity index (χ3v) is 13.1. The van der Waals surface area contributed by atoms with Crippen LogP contribution in [0.15, 0.2) is 48.6 Å². The molecule has 0 saturated heterocycles. The van der Waals surface area contributed by atoms with Gasteiger partial charge in [-0.15, -0.1) is 0 Å². The molecule has 0 bridgehead atoms. The van der Waals surface area contributed by atoms with E-state index in [4.69, 9.17) is 14.2 Å². The first-order valence-corrected chi connectivity index (χ1v) is 29.6. The van der Waals surface area contributed by atoms with Gasteiger partial charge in [0.05, 0.1) is 0 Å². The normalized spacial score (nSPS) is 12.3. The molecule has 0 heterocycles. The van der Waals surface area contributed by atoms with Crippen LogP contribution in [0.3, 0.4) is 0 Å². The van der Waals surface area contributed by atoms with Crippen LogP contribution in [0, 0.1) is 0 Å². The van der Waals surface area contributed by atoms with Crippen molar-refractivity contribution in [2.24, 2.45) is 0 Å². The topological polar surface area (TPSA) is 78.9 Å². The van der Waals surface area contributed by atoms with Crippen molar-refractivity contribution in [2.45, 2.75) is 316 Å². The van der Waals surface area contributed by atoms with E-state index in [0.29, 0.717) is 19.3 Å². The zero-order chi connectivity index (χ0) is 49.3. The van der Waals surface area contributed by atoms with E-state index in [9.17, 15) is 14.4 Å². The molecule has 0 amide bonds. The summed E-state index contributed by atoms with van der Waals surface area (Å²) in [6.45, 7) is 6.50. The Hall–Kier alpha value is -2.63. The van der Waals surface area contributed by atoms with E-state index in [0.717, 1.165) is 83.5 Å². The Kier molecular flexibility index (Phi) is 54.8. The first-order chi connectivity index (χ1) is 33.5. The van der Waals surface area contributed by atoms with Gasteiger partial charge in [-0.2, -0.15) is 0 Å². The van der Waals surface area contributed by atoms with Crippen LogP contribution < -0.4 is 0 Å². The average molecular weight is 954 g/mol. The van der Waals surface area contributed by atoms with Crippen LogP contribution in [-0.2, 0) is 28.6 Å². The van der Waals surface area contributed by atoms with Crippen molar-refractivity contribution in [3.05, 3.63) is 48.6 Å². The van der Waals surface area contributed by atoms with Crippen molar-refractivity contribution < 1.29 is 28.6 Å². The second kappa shape index (κ2) is 57.0. The molecule has 0 aromatic carbocycles. The molecule has 396 valence electrons. The van der Waals surface area contributed by atoms with Gasteiger partial charge >= 0.3 is 17.9 Å². The van der Waals surface area contributed by atoms with Gasteiger partial charge in [-0.3, -0.25) is 14.4 Å². The fraction of sp³-hybridized carbons (Fsp3) is 0.823. The Morgan fingerprint density at radius 3 is 0.897 bits per heavy atom. The van der Waals surface area contributed by atoms with Crippen LogP contribution in [-0.4, -0.2) is 37.2 Å². The SMILES string of the molecule is CC/C=C\C/C=C\C/C=C\C/C=C\CCCCCCCCCCCCCCCCCCC(=O)OCC(COC(=O)CCCCCCCC)OC(=O)CCCCCCCCCCCCCCCCC. The molecule has 0 aromatic rings. The van der Waals surface area contributed by atoms with Gasteiger partial charge in [0.25, 0.3) is 0 Å². The maximum Gasteiger partial charge on any atom is 0.306 e. The number of hydrogen-bond donors (Lipinski definition) is 0. The molecule has 1 unspecified atom stereocenters. The summed E-state index contributed by atoms with van der Waals surface area (Å²) in [4.78, 5) is 37.9. The predicted molar refractivity (Wildman–Crippen MR) is 293 cm³/mol. The molecule has 0 fully saturated rings. The second-order valence-corrected chi connectivity index (χ2v) is 19.9.